The van der Waals surface area contributed by atoms with Gasteiger partial charge in [-0.25, -0.2) is 0 Å². The van der Waals surface area contributed by atoms with Crippen molar-refractivity contribution in [3.8, 4) is 5.75 Å². The maximum atomic E-state index is 9.63. The fraction of sp³-hybridized carbons (Fsp3) is 0.455. The van der Waals surface area contributed by atoms with E-state index in [9.17, 15) is 5.11 Å². The molecule has 1 aromatic carbocycles. The van der Waals surface area contributed by atoms with Crippen molar-refractivity contribution in [2.75, 3.05) is 6.61 Å². The van der Waals surface area contributed by atoms with E-state index in [0.717, 1.165) is 17.5 Å². The summed E-state index contributed by atoms with van der Waals surface area (Å²) in [5.41, 5.74) is 1.93. The van der Waals surface area contributed by atoms with Crippen LogP contribution in [0.4, 0.5) is 0 Å². The molecule has 0 amide bonds. The lowest BCUT2D eigenvalue weighted by molar-refractivity contribution is 0.288. The third kappa shape index (κ3) is 2.63. The van der Waals surface area contributed by atoms with Gasteiger partial charge in [-0.1, -0.05) is 24.6 Å². The van der Waals surface area contributed by atoms with Crippen LogP contribution in [0.2, 0.25) is 5.02 Å². The van der Waals surface area contributed by atoms with Crippen LogP contribution in [0.1, 0.15) is 24.5 Å². The van der Waals surface area contributed by atoms with Gasteiger partial charge in [0.05, 0.1) is 5.02 Å². The van der Waals surface area contributed by atoms with E-state index < -0.39 is 0 Å². The summed E-state index contributed by atoms with van der Waals surface area (Å²) in [6.45, 7) is 2.17. The van der Waals surface area contributed by atoms with Gasteiger partial charge in [0.25, 0.3) is 0 Å². The van der Waals surface area contributed by atoms with Crippen molar-refractivity contribution >= 4 is 11.6 Å². The highest BCUT2D eigenvalue weighted by atomic mass is 35.5. The fourth-order valence-electron chi connectivity index (χ4n) is 1.38. The number of rotatable bonds is 4. The molecular formula is C11H15ClO2. The molecule has 0 fully saturated rings. The average molecular weight is 215 g/mol. The molecule has 0 radical (unpaired) electrons. The number of aliphatic hydroxyl groups excluding tert-OH is 1. The molecule has 3 heteroatoms. The highest BCUT2D eigenvalue weighted by Gasteiger charge is 2.07. The Labute approximate surface area is 89.1 Å². The van der Waals surface area contributed by atoms with Crippen molar-refractivity contribution < 1.29 is 10.2 Å². The quantitative estimate of drug-likeness (QED) is 0.809. The van der Waals surface area contributed by atoms with Crippen LogP contribution in [0.5, 0.6) is 5.75 Å². The van der Waals surface area contributed by atoms with Crippen LogP contribution in [0, 0.1) is 0 Å². The standard InChI is InChI=1S/C11H15ClO2/c1-2-8-6-9(4-3-5-13)11(14)10(12)7-8/h6-7,13-14H,2-5H2,1H3. The molecule has 78 valence electrons. The van der Waals surface area contributed by atoms with Crippen molar-refractivity contribution in [3.05, 3.63) is 28.3 Å². The van der Waals surface area contributed by atoms with Gasteiger partial charge in [0.1, 0.15) is 5.75 Å². The number of halogens is 1. The molecule has 0 aliphatic rings. The number of phenolic OH excluding ortho intramolecular Hbond substituents is 1. The summed E-state index contributed by atoms with van der Waals surface area (Å²) in [5, 5.41) is 18.7. The lowest BCUT2D eigenvalue weighted by Gasteiger charge is -2.08. The summed E-state index contributed by atoms with van der Waals surface area (Å²) in [4.78, 5) is 0. The van der Waals surface area contributed by atoms with E-state index in [1.165, 1.54) is 0 Å². The maximum Gasteiger partial charge on any atom is 0.137 e. The molecule has 1 rings (SSSR count). The first-order valence-corrected chi connectivity index (χ1v) is 5.18. The van der Waals surface area contributed by atoms with Crippen LogP contribution in [-0.4, -0.2) is 16.8 Å². The van der Waals surface area contributed by atoms with Gasteiger partial charge in [-0.2, -0.15) is 0 Å². The van der Waals surface area contributed by atoms with Crippen LogP contribution in [0.3, 0.4) is 0 Å². The molecule has 0 heterocycles. The Hall–Kier alpha value is -0.730. The molecule has 0 aliphatic carbocycles. The zero-order valence-electron chi connectivity index (χ0n) is 8.26. The normalized spacial score (nSPS) is 10.5. The van der Waals surface area contributed by atoms with Crippen LogP contribution in [0.25, 0.3) is 0 Å². The SMILES string of the molecule is CCc1cc(Cl)c(O)c(CCCO)c1. The number of hydrogen-bond donors (Lipinski definition) is 2. The zero-order chi connectivity index (χ0) is 10.6. The maximum absolute atomic E-state index is 9.63. The molecule has 2 N–H and O–H groups in total. The van der Waals surface area contributed by atoms with Gasteiger partial charge in [0.15, 0.2) is 0 Å². The van der Waals surface area contributed by atoms with Gasteiger partial charge < -0.3 is 10.2 Å². The van der Waals surface area contributed by atoms with Crippen LogP contribution in [-0.2, 0) is 12.8 Å². The van der Waals surface area contributed by atoms with Crippen molar-refractivity contribution in [2.45, 2.75) is 26.2 Å². The van der Waals surface area contributed by atoms with Gasteiger partial charge in [0, 0.05) is 6.61 Å². The largest absolute Gasteiger partial charge is 0.506 e. The summed E-state index contributed by atoms with van der Waals surface area (Å²) in [6.07, 6.45) is 2.21. The molecule has 0 aromatic heterocycles. The van der Waals surface area contributed by atoms with Gasteiger partial charge in [-0.05, 0) is 36.5 Å². The van der Waals surface area contributed by atoms with Gasteiger partial charge in [0.2, 0.25) is 0 Å². The second-order valence-corrected chi connectivity index (χ2v) is 3.67. The lowest BCUT2D eigenvalue weighted by atomic mass is 10.0. The van der Waals surface area contributed by atoms with E-state index in [4.69, 9.17) is 16.7 Å². The Bertz CT molecular complexity index is 310. The summed E-state index contributed by atoms with van der Waals surface area (Å²) < 4.78 is 0. The van der Waals surface area contributed by atoms with E-state index in [-0.39, 0.29) is 12.4 Å². The monoisotopic (exact) mass is 214 g/mol. The molecule has 0 atom stereocenters. The summed E-state index contributed by atoms with van der Waals surface area (Å²) in [5.74, 6) is 0.150. The number of benzene rings is 1. The molecule has 0 aliphatic heterocycles. The number of hydrogen-bond acceptors (Lipinski definition) is 2. The highest BCUT2D eigenvalue weighted by Crippen LogP contribution is 2.30. The highest BCUT2D eigenvalue weighted by molar-refractivity contribution is 6.32. The number of aromatic hydroxyl groups is 1. The minimum atomic E-state index is 0.132. The number of phenols is 1. The first-order valence-electron chi connectivity index (χ1n) is 4.80. The van der Waals surface area contributed by atoms with E-state index in [2.05, 4.69) is 0 Å². The van der Waals surface area contributed by atoms with E-state index in [1.807, 2.05) is 13.0 Å². The van der Waals surface area contributed by atoms with Crippen molar-refractivity contribution in [1.29, 1.82) is 0 Å². The second-order valence-electron chi connectivity index (χ2n) is 3.27. The Balaban J connectivity index is 2.95. The van der Waals surface area contributed by atoms with Crippen molar-refractivity contribution in [3.63, 3.8) is 0 Å². The summed E-state index contributed by atoms with van der Waals surface area (Å²) >= 11 is 5.86. The molecule has 0 spiro atoms. The predicted molar refractivity (Wildman–Crippen MR) is 57.9 cm³/mol. The Kier molecular flexibility index (Phi) is 4.23. The first kappa shape index (κ1) is 11.3. The summed E-state index contributed by atoms with van der Waals surface area (Å²) in [7, 11) is 0. The molecule has 0 saturated heterocycles. The molecule has 0 unspecified atom stereocenters. The minimum Gasteiger partial charge on any atom is -0.506 e. The average Bonchev–Trinajstić information content (AvgIpc) is 2.20. The molecule has 2 nitrogen and oxygen atoms in total. The molecule has 14 heavy (non-hydrogen) atoms. The Morgan fingerprint density at radius 3 is 2.64 bits per heavy atom. The summed E-state index contributed by atoms with van der Waals surface area (Å²) in [6, 6.07) is 3.72. The molecule has 0 bridgehead atoms. The van der Waals surface area contributed by atoms with E-state index >= 15 is 0 Å². The van der Waals surface area contributed by atoms with Crippen LogP contribution < -0.4 is 0 Å². The number of aryl methyl sites for hydroxylation is 2. The van der Waals surface area contributed by atoms with Gasteiger partial charge in [-0.3, -0.25) is 0 Å². The minimum absolute atomic E-state index is 0.132. The van der Waals surface area contributed by atoms with Crippen LogP contribution >= 0.6 is 11.6 Å². The van der Waals surface area contributed by atoms with Crippen LogP contribution in [0.15, 0.2) is 12.1 Å². The predicted octanol–water partition coefficient (Wildman–Crippen LogP) is 2.53. The zero-order valence-corrected chi connectivity index (χ0v) is 9.01. The smallest absolute Gasteiger partial charge is 0.137 e. The Morgan fingerprint density at radius 1 is 1.36 bits per heavy atom. The van der Waals surface area contributed by atoms with E-state index in [1.54, 1.807) is 6.07 Å². The molecule has 0 saturated carbocycles. The van der Waals surface area contributed by atoms with Gasteiger partial charge in [-0.15, -0.1) is 0 Å². The molecule has 1 aromatic rings. The first-order chi connectivity index (χ1) is 6.69. The van der Waals surface area contributed by atoms with E-state index in [0.29, 0.717) is 17.9 Å². The van der Waals surface area contributed by atoms with Crippen molar-refractivity contribution in [2.24, 2.45) is 0 Å². The Morgan fingerprint density at radius 2 is 2.07 bits per heavy atom. The van der Waals surface area contributed by atoms with Gasteiger partial charge >= 0.3 is 0 Å². The third-order valence-corrected chi connectivity index (χ3v) is 2.50. The number of aliphatic hydroxyl groups is 1. The molecular weight excluding hydrogens is 200 g/mol. The van der Waals surface area contributed by atoms with Crippen molar-refractivity contribution in [1.82, 2.24) is 0 Å². The second kappa shape index (κ2) is 5.23. The lowest BCUT2D eigenvalue weighted by Crippen LogP contribution is -1.93. The third-order valence-electron chi connectivity index (χ3n) is 2.21. The fourth-order valence-corrected chi connectivity index (χ4v) is 1.64. The topological polar surface area (TPSA) is 40.5 Å².